The van der Waals surface area contributed by atoms with Crippen LogP contribution in [0.4, 0.5) is 11.4 Å². The number of hydrogen-bond acceptors (Lipinski definition) is 5. The van der Waals surface area contributed by atoms with Gasteiger partial charge >= 0.3 is 5.97 Å². The van der Waals surface area contributed by atoms with E-state index in [0.29, 0.717) is 11.4 Å². The number of ether oxygens (including phenoxy) is 1. The first-order valence-electron chi connectivity index (χ1n) is 8.98. The highest BCUT2D eigenvalue weighted by Gasteiger charge is 2.17. The number of esters is 1. The van der Waals surface area contributed by atoms with E-state index in [1.54, 1.807) is 36.4 Å². The minimum Gasteiger partial charge on any atom is -0.465 e. The van der Waals surface area contributed by atoms with Crippen LogP contribution in [0.3, 0.4) is 0 Å². The molecule has 0 saturated heterocycles. The summed E-state index contributed by atoms with van der Waals surface area (Å²) in [4.78, 5) is 24.2. The number of sulfonamides is 1. The van der Waals surface area contributed by atoms with Crippen molar-refractivity contribution in [2.45, 2.75) is 11.8 Å². The van der Waals surface area contributed by atoms with E-state index < -0.39 is 21.9 Å². The van der Waals surface area contributed by atoms with Crippen LogP contribution >= 0.6 is 0 Å². The molecule has 7 nitrogen and oxygen atoms in total. The van der Waals surface area contributed by atoms with Crippen LogP contribution in [0.2, 0.25) is 0 Å². The molecule has 0 heterocycles. The lowest BCUT2D eigenvalue weighted by Gasteiger charge is -2.11. The van der Waals surface area contributed by atoms with Crippen molar-refractivity contribution < 1.29 is 22.7 Å². The molecule has 0 aliphatic heterocycles. The Hall–Kier alpha value is -3.65. The summed E-state index contributed by atoms with van der Waals surface area (Å²) in [7, 11) is -2.60. The number of amides is 1. The first-order chi connectivity index (χ1) is 14.3. The van der Waals surface area contributed by atoms with Gasteiger partial charge in [-0.25, -0.2) is 13.2 Å². The van der Waals surface area contributed by atoms with Crippen LogP contribution in [0.5, 0.6) is 0 Å². The standard InChI is InChI=1S/C22H20N2O5S/c1-15-6-3-10-19(12-15)24-30(27,28)20-11-5-7-16(14-20)21(25)23-18-9-4-8-17(13-18)22(26)29-2/h3-14,24H,1-2H3,(H,23,25). The van der Waals surface area contributed by atoms with Gasteiger partial charge in [0.25, 0.3) is 15.9 Å². The minimum atomic E-state index is -3.87. The molecule has 3 aromatic rings. The third-order valence-electron chi connectivity index (χ3n) is 4.22. The van der Waals surface area contributed by atoms with Crippen LogP contribution in [0.1, 0.15) is 26.3 Å². The summed E-state index contributed by atoms with van der Waals surface area (Å²) in [6.07, 6.45) is 0. The number of anilines is 2. The van der Waals surface area contributed by atoms with Gasteiger partial charge in [-0.3, -0.25) is 9.52 Å². The van der Waals surface area contributed by atoms with Gasteiger partial charge < -0.3 is 10.1 Å². The molecule has 0 bridgehead atoms. The molecule has 0 unspecified atom stereocenters. The average Bonchev–Trinajstić information content (AvgIpc) is 2.73. The number of methoxy groups -OCH3 is 1. The Balaban J connectivity index is 1.81. The fraction of sp³-hybridized carbons (Fsp3) is 0.0909. The molecular formula is C22H20N2O5S. The monoisotopic (exact) mass is 424 g/mol. The highest BCUT2D eigenvalue weighted by molar-refractivity contribution is 7.92. The summed E-state index contributed by atoms with van der Waals surface area (Å²) < 4.78 is 32.6. The molecule has 30 heavy (non-hydrogen) atoms. The summed E-state index contributed by atoms with van der Waals surface area (Å²) in [5.74, 6) is -1.04. The highest BCUT2D eigenvalue weighted by Crippen LogP contribution is 2.19. The lowest BCUT2D eigenvalue weighted by atomic mass is 10.1. The number of hydrogen-bond donors (Lipinski definition) is 2. The predicted molar refractivity (Wildman–Crippen MR) is 114 cm³/mol. The summed E-state index contributed by atoms with van der Waals surface area (Å²) in [5, 5.41) is 2.65. The van der Waals surface area contributed by atoms with E-state index >= 15 is 0 Å². The first-order valence-corrected chi connectivity index (χ1v) is 10.5. The normalized spacial score (nSPS) is 10.9. The lowest BCUT2D eigenvalue weighted by Crippen LogP contribution is -2.16. The second-order valence-corrected chi connectivity index (χ2v) is 8.21. The zero-order valence-electron chi connectivity index (χ0n) is 16.4. The zero-order chi connectivity index (χ0) is 21.7. The second kappa shape index (κ2) is 8.79. The first kappa shape index (κ1) is 21.1. The Morgan fingerprint density at radius 1 is 0.833 bits per heavy atom. The van der Waals surface area contributed by atoms with Gasteiger partial charge in [0.05, 0.1) is 17.6 Å². The van der Waals surface area contributed by atoms with Crippen LogP contribution in [0, 0.1) is 6.92 Å². The molecule has 0 radical (unpaired) electrons. The van der Waals surface area contributed by atoms with E-state index in [1.165, 1.54) is 37.4 Å². The molecule has 0 aliphatic rings. The molecular weight excluding hydrogens is 404 g/mol. The van der Waals surface area contributed by atoms with Crippen molar-refractivity contribution in [2.75, 3.05) is 17.1 Å². The van der Waals surface area contributed by atoms with Crippen molar-refractivity contribution >= 4 is 33.3 Å². The topological polar surface area (TPSA) is 102 Å². The highest BCUT2D eigenvalue weighted by atomic mass is 32.2. The van der Waals surface area contributed by atoms with E-state index in [1.807, 2.05) is 13.0 Å². The van der Waals surface area contributed by atoms with Crippen LogP contribution < -0.4 is 10.0 Å². The van der Waals surface area contributed by atoms with Gasteiger partial charge in [0, 0.05) is 16.9 Å². The molecule has 8 heteroatoms. The Kier molecular flexibility index (Phi) is 6.17. The van der Waals surface area contributed by atoms with Crippen molar-refractivity contribution in [3.8, 4) is 0 Å². The molecule has 0 aromatic heterocycles. The van der Waals surface area contributed by atoms with E-state index in [0.717, 1.165) is 5.56 Å². The number of aryl methyl sites for hydroxylation is 1. The minimum absolute atomic E-state index is 0.0417. The molecule has 0 saturated carbocycles. The maximum Gasteiger partial charge on any atom is 0.337 e. The zero-order valence-corrected chi connectivity index (χ0v) is 17.2. The lowest BCUT2D eigenvalue weighted by molar-refractivity contribution is 0.0600. The molecule has 0 fully saturated rings. The average molecular weight is 424 g/mol. The van der Waals surface area contributed by atoms with E-state index in [2.05, 4.69) is 14.8 Å². The SMILES string of the molecule is COC(=O)c1cccc(NC(=O)c2cccc(S(=O)(=O)Nc3cccc(C)c3)c2)c1. The Morgan fingerprint density at radius 2 is 1.50 bits per heavy atom. The van der Waals surface area contributed by atoms with Crippen molar-refractivity contribution in [3.63, 3.8) is 0 Å². The second-order valence-electron chi connectivity index (χ2n) is 6.53. The van der Waals surface area contributed by atoms with Crippen molar-refractivity contribution in [1.29, 1.82) is 0 Å². The Bertz CT molecular complexity index is 1210. The van der Waals surface area contributed by atoms with Crippen molar-refractivity contribution in [3.05, 3.63) is 89.5 Å². The number of rotatable bonds is 6. The summed E-state index contributed by atoms with van der Waals surface area (Å²) in [6.45, 7) is 1.86. The summed E-state index contributed by atoms with van der Waals surface area (Å²) >= 11 is 0. The van der Waals surface area contributed by atoms with Crippen molar-refractivity contribution in [1.82, 2.24) is 0 Å². The molecule has 3 rings (SSSR count). The molecule has 3 aromatic carbocycles. The predicted octanol–water partition coefficient (Wildman–Crippen LogP) is 3.83. The van der Waals surface area contributed by atoms with Gasteiger partial charge in [0.2, 0.25) is 0 Å². The van der Waals surface area contributed by atoms with Crippen LogP contribution in [0.15, 0.2) is 77.7 Å². The number of carbonyl (C=O) groups is 2. The number of nitrogens with one attached hydrogen (secondary N) is 2. The Labute approximate surface area is 174 Å². The molecule has 0 aliphatic carbocycles. The maximum atomic E-state index is 12.7. The fourth-order valence-electron chi connectivity index (χ4n) is 2.77. The molecule has 0 atom stereocenters. The molecule has 1 amide bonds. The third-order valence-corrected chi connectivity index (χ3v) is 5.60. The van der Waals surface area contributed by atoms with E-state index in [-0.39, 0.29) is 16.0 Å². The number of benzene rings is 3. The van der Waals surface area contributed by atoms with E-state index in [9.17, 15) is 18.0 Å². The fourth-order valence-corrected chi connectivity index (χ4v) is 3.87. The summed E-state index contributed by atoms with van der Waals surface area (Å²) in [5.41, 5.74) is 2.18. The molecule has 154 valence electrons. The van der Waals surface area contributed by atoms with E-state index in [4.69, 9.17) is 0 Å². The number of carbonyl (C=O) groups excluding carboxylic acids is 2. The van der Waals surface area contributed by atoms with Gasteiger partial charge in [0.15, 0.2) is 0 Å². The van der Waals surface area contributed by atoms with Gasteiger partial charge in [-0.2, -0.15) is 0 Å². The largest absolute Gasteiger partial charge is 0.465 e. The van der Waals surface area contributed by atoms with Gasteiger partial charge in [0.1, 0.15) is 0 Å². The summed E-state index contributed by atoms with van der Waals surface area (Å²) in [6, 6.07) is 18.9. The Morgan fingerprint density at radius 3 is 2.23 bits per heavy atom. The maximum absolute atomic E-state index is 12.7. The smallest absolute Gasteiger partial charge is 0.337 e. The van der Waals surface area contributed by atoms with Gasteiger partial charge in [-0.15, -0.1) is 0 Å². The third kappa shape index (κ3) is 5.03. The molecule has 0 spiro atoms. The van der Waals surface area contributed by atoms with Crippen LogP contribution in [0.25, 0.3) is 0 Å². The van der Waals surface area contributed by atoms with Gasteiger partial charge in [-0.1, -0.05) is 24.3 Å². The van der Waals surface area contributed by atoms with Crippen LogP contribution in [-0.4, -0.2) is 27.4 Å². The molecule has 2 N–H and O–H groups in total. The van der Waals surface area contributed by atoms with Gasteiger partial charge in [-0.05, 0) is 61.0 Å². The van der Waals surface area contributed by atoms with Crippen LogP contribution in [-0.2, 0) is 14.8 Å². The van der Waals surface area contributed by atoms with Crippen molar-refractivity contribution in [2.24, 2.45) is 0 Å². The quantitative estimate of drug-likeness (QED) is 0.586.